The maximum Gasteiger partial charge on any atom is 0.344 e. The average Bonchev–Trinajstić information content (AvgIpc) is 2.26. The molecule has 0 amide bonds. The number of rotatable bonds is 5. The first-order chi connectivity index (χ1) is 8.40. The molecule has 0 fully saturated rings. The normalized spacial score (nSPS) is 12.3. The number of nitrogens with two attached hydrogens (primary N) is 1. The van der Waals surface area contributed by atoms with E-state index in [1.165, 1.54) is 0 Å². The molecule has 0 radical (unpaired) electrons. The Hall–Kier alpha value is -1.07. The number of esters is 1. The van der Waals surface area contributed by atoms with Crippen LogP contribution in [0.4, 0.5) is 0 Å². The molecule has 0 saturated carbocycles. The Kier molecular flexibility index (Phi) is 5.62. The summed E-state index contributed by atoms with van der Waals surface area (Å²) in [6, 6.07) is 5.34. The van der Waals surface area contributed by atoms with E-state index in [-0.39, 0.29) is 24.7 Å². The monoisotopic (exact) mass is 315 g/mol. The summed E-state index contributed by atoms with van der Waals surface area (Å²) in [5.74, 6) is 0.220. The van der Waals surface area contributed by atoms with Crippen LogP contribution >= 0.6 is 15.9 Å². The zero-order chi connectivity index (χ0) is 13.7. The van der Waals surface area contributed by atoms with Crippen LogP contribution in [0.25, 0.3) is 0 Å². The highest BCUT2D eigenvalue weighted by Gasteiger charge is 2.12. The van der Waals surface area contributed by atoms with Gasteiger partial charge in [0.15, 0.2) is 6.61 Å². The minimum Gasteiger partial charge on any atom is -0.482 e. The van der Waals surface area contributed by atoms with Crippen molar-refractivity contribution >= 4 is 21.9 Å². The first kappa shape index (κ1) is 15.0. The molecule has 1 aromatic rings. The van der Waals surface area contributed by atoms with Gasteiger partial charge in [-0.3, -0.25) is 0 Å². The number of hydrogen-bond donors (Lipinski definition) is 1. The van der Waals surface area contributed by atoms with E-state index >= 15 is 0 Å². The van der Waals surface area contributed by atoms with Crippen molar-refractivity contribution < 1.29 is 14.3 Å². The standard InChI is InChI=1S/C13H18BrNO3/c1-8(2)18-13(16)7-17-12-5-4-10(14)6-11(12)9(3)15/h4-6,8-9H,7,15H2,1-3H3/t9-/m0/s1. The second-order valence-electron chi connectivity index (χ2n) is 4.30. The van der Waals surface area contributed by atoms with Gasteiger partial charge in [0.25, 0.3) is 0 Å². The van der Waals surface area contributed by atoms with Crippen molar-refractivity contribution in [3.8, 4) is 5.75 Å². The molecule has 2 N–H and O–H groups in total. The van der Waals surface area contributed by atoms with E-state index in [1.54, 1.807) is 19.9 Å². The molecule has 0 unspecified atom stereocenters. The molecule has 0 aliphatic heterocycles. The highest BCUT2D eigenvalue weighted by atomic mass is 79.9. The van der Waals surface area contributed by atoms with Gasteiger partial charge in [-0.1, -0.05) is 15.9 Å². The molecule has 0 heterocycles. The number of halogens is 1. The van der Waals surface area contributed by atoms with Gasteiger partial charge in [0.05, 0.1) is 6.10 Å². The van der Waals surface area contributed by atoms with Crippen LogP contribution in [0.1, 0.15) is 32.4 Å². The Labute approximate surface area is 116 Å². The van der Waals surface area contributed by atoms with Crippen LogP contribution in [-0.4, -0.2) is 18.7 Å². The molecule has 4 nitrogen and oxygen atoms in total. The van der Waals surface area contributed by atoms with Crippen LogP contribution in [-0.2, 0) is 9.53 Å². The van der Waals surface area contributed by atoms with Crippen molar-refractivity contribution in [1.82, 2.24) is 0 Å². The molecule has 0 aliphatic carbocycles. The molecule has 0 aliphatic rings. The van der Waals surface area contributed by atoms with E-state index in [4.69, 9.17) is 15.2 Å². The van der Waals surface area contributed by atoms with Gasteiger partial charge in [-0.25, -0.2) is 4.79 Å². The Morgan fingerprint density at radius 2 is 2.06 bits per heavy atom. The summed E-state index contributed by atoms with van der Waals surface area (Å²) >= 11 is 3.37. The van der Waals surface area contributed by atoms with Crippen molar-refractivity contribution in [2.45, 2.75) is 32.9 Å². The highest BCUT2D eigenvalue weighted by Crippen LogP contribution is 2.27. The third kappa shape index (κ3) is 4.66. The average molecular weight is 316 g/mol. The van der Waals surface area contributed by atoms with Gasteiger partial charge < -0.3 is 15.2 Å². The molecule has 0 saturated heterocycles. The van der Waals surface area contributed by atoms with Crippen LogP contribution in [0, 0.1) is 0 Å². The highest BCUT2D eigenvalue weighted by molar-refractivity contribution is 9.10. The number of ether oxygens (including phenoxy) is 2. The van der Waals surface area contributed by atoms with Crippen LogP contribution in [0.5, 0.6) is 5.75 Å². The minimum absolute atomic E-state index is 0.112. The quantitative estimate of drug-likeness (QED) is 0.849. The molecule has 18 heavy (non-hydrogen) atoms. The van der Waals surface area contributed by atoms with Gasteiger partial charge in [0.1, 0.15) is 5.75 Å². The van der Waals surface area contributed by atoms with Crippen molar-refractivity contribution in [2.75, 3.05) is 6.61 Å². The number of hydrogen-bond acceptors (Lipinski definition) is 4. The van der Waals surface area contributed by atoms with E-state index in [2.05, 4.69) is 15.9 Å². The lowest BCUT2D eigenvalue weighted by Crippen LogP contribution is -2.19. The second-order valence-corrected chi connectivity index (χ2v) is 5.21. The lowest BCUT2D eigenvalue weighted by molar-refractivity contribution is -0.149. The van der Waals surface area contributed by atoms with Gasteiger partial charge in [0, 0.05) is 16.1 Å². The number of benzene rings is 1. The summed E-state index contributed by atoms with van der Waals surface area (Å²) in [4.78, 5) is 11.4. The van der Waals surface area contributed by atoms with E-state index in [1.807, 2.05) is 19.1 Å². The third-order valence-electron chi connectivity index (χ3n) is 2.18. The van der Waals surface area contributed by atoms with Gasteiger partial charge in [-0.2, -0.15) is 0 Å². The predicted octanol–water partition coefficient (Wildman–Crippen LogP) is 2.80. The van der Waals surface area contributed by atoms with Crippen molar-refractivity contribution in [2.24, 2.45) is 5.73 Å². The fourth-order valence-corrected chi connectivity index (χ4v) is 1.82. The Morgan fingerprint density at radius 1 is 1.39 bits per heavy atom. The molecule has 5 heteroatoms. The fourth-order valence-electron chi connectivity index (χ4n) is 1.44. The van der Waals surface area contributed by atoms with Gasteiger partial charge in [-0.15, -0.1) is 0 Å². The molecule has 100 valence electrons. The van der Waals surface area contributed by atoms with Crippen molar-refractivity contribution in [3.63, 3.8) is 0 Å². The van der Waals surface area contributed by atoms with Gasteiger partial charge in [-0.05, 0) is 39.0 Å². The summed E-state index contributed by atoms with van der Waals surface area (Å²) in [5.41, 5.74) is 6.70. The lowest BCUT2D eigenvalue weighted by atomic mass is 10.1. The zero-order valence-electron chi connectivity index (χ0n) is 10.8. The SMILES string of the molecule is CC(C)OC(=O)COc1ccc(Br)cc1[C@H](C)N. The van der Waals surface area contributed by atoms with Crippen LogP contribution < -0.4 is 10.5 Å². The molecular weight excluding hydrogens is 298 g/mol. The van der Waals surface area contributed by atoms with E-state index < -0.39 is 0 Å². The Morgan fingerprint density at radius 3 is 2.61 bits per heavy atom. The van der Waals surface area contributed by atoms with E-state index in [9.17, 15) is 4.79 Å². The third-order valence-corrected chi connectivity index (χ3v) is 2.67. The van der Waals surface area contributed by atoms with Crippen LogP contribution in [0.15, 0.2) is 22.7 Å². The molecular formula is C13H18BrNO3. The predicted molar refractivity (Wildman–Crippen MR) is 73.5 cm³/mol. The van der Waals surface area contributed by atoms with Crippen molar-refractivity contribution in [3.05, 3.63) is 28.2 Å². The van der Waals surface area contributed by atoms with Crippen molar-refractivity contribution in [1.29, 1.82) is 0 Å². The van der Waals surface area contributed by atoms with Gasteiger partial charge in [0.2, 0.25) is 0 Å². The van der Waals surface area contributed by atoms with E-state index in [0.717, 1.165) is 10.0 Å². The summed E-state index contributed by atoms with van der Waals surface area (Å²) in [5, 5.41) is 0. The molecule has 0 aromatic heterocycles. The Bertz CT molecular complexity index is 419. The largest absolute Gasteiger partial charge is 0.482 e. The van der Waals surface area contributed by atoms with Crippen LogP contribution in [0.2, 0.25) is 0 Å². The van der Waals surface area contributed by atoms with E-state index in [0.29, 0.717) is 5.75 Å². The summed E-state index contributed by atoms with van der Waals surface area (Å²) in [7, 11) is 0. The fraction of sp³-hybridized carbons (Fsp3) is 0.462. The topological polar surface area (TPSA) is 61.5 Å². The molecule has 1 atom stereocenters. The summed E-state index contributed by atoms with van der Waals surface area (Å²) in [6.07, 6.45) is -0.140. The smallest absolute Gasteiger partial charge is 0.344 e. The number of carbonyl (C=O) groups is 1. The van der Waals surface area contributed by atoms with Crippen LogP contribution in [0.3, 0.4) is 0 Å². The maximum absolute atomic E-state index is 11.4. The molecule has 1 aromatic carbocycles. The van der Waals surface area contributed by atoms with Gasteiger partial charge >= 0.3 is 5.97 Å². The molecule has 0 spiro atoms. The Balaban J connectivity index is 2.70. The minimum atomic E-state index is -0.386. The maximum atomic E-state index is 11.4. The molecule has 1 rings (SSSR count). The zero-order valence-corrected chi connectivity index (χ0v) is 12.4. The first-order valence-corrected chi connectivity index (χ1v) is 6.56. The molecule has 0 bridgehead atoms. The second kappa shape index (κ2) is 6.75. The first-order valence-electron chi connectivity index (χ1n) is 5.77. The summed E-state index contributed by atoms with van der Waals surface area (Å²) < 4.78 is 11.4. The summed E-state index contributed by atoms with van der Waals surface area (Å²) in [6.45, 7) is 5.34. The lowest BCUT2D eigenvalue weighted by Gasteiger charge is -2.14. The number of carbonyl (C=O) groups excluding carboxylic acids is 1.